The lowest BCUT2D eigenvalue weighted by atomic mass is 10.1. The third-order valence-corrected chi connectivity index (χ3v) is 5.38. The molecular formula is C14H21N3O2S. The van der Waals surface area contributed by atoms with E-state index in [2.05, 4.69) is 15.0 Å². The zero-order chi connectivity index (χ0) is 14.2. The lowest BCUT2D eigenvalue weighted by Gasteiger charge is -2.17. The average Bonchev–Trinajstić information content (AvgIpc) is 3.29. The molecule has 0 saturated heterocycles. The first-order chi connectivity index (χ1) is 9.60. The zero-order valence-electron chi connectivity index (χ0n) is 11.7. The van der Waals surface area contributed by atoms with Gasteiger partial charge in [-0.1, -0.05) is 6.07 Å². The van der Waals surface area contributed by atoms with Gasteiger partial charge in [0.25, 0.3) is 10.0 Å². The Hall–Kier alpha value is -0.980. The molecule has 0 unspecified atom stereocenters. The highest BCUT2D eigenvalue weighted by Crippen LogP contribution is 2.44. The van der Waals surface area contributed by atoms with Gasteiger partial charge in [0.1, 0.15) is 0 Å². The maximum atomic E-state index is 12.4. The summed E-state index contributed by atoms with van der Waals surface area (Å²) in [5.74, 6) is 1.08. The van der Waals surface area contributed by atoms with Gasteiger partial charge in [0.2, 0.25) is 0 Å². The topological polar surface area (TPSA) is 71.1 Å². The van der Waals surface area contributed by atoms with Crippen LogP contribution in [-0.2, 0) is 16.6 Å². The molecule has 3 rings (SSSR count). The summed E-state index contributed by atoms with van der Waals surface area (Å²) in [5, 5.41) is 3.14. The van der Waals surface area contributed by atoms with Crippen molar-refractivity contribution < 1.29 is 8.42 Å². The van der Waals surface area contributed by atoms with Crippen molar-refractivity contribution >= 4 is 10.0 Å². The molecule has 6 heteroatoms. The summed E-state index contributed by atoms with van der Waals surface area (Å²) >= 11 is 0. The third-order valence-electron chi connectivity index (χ3n) is 4.00. The van der Waals surface area contributed by atoms with E-state index in [1.165, 1.54) is 0 Å². The highest BCUT2D eigenvalue weighted by Gasteiger charge is 2.43. The van der Waals surface area contributed by atoms with Crippen molar-refractivity contribution in [1.29, 1.82) is 0 Å². The summed E-state index contributed by atoms with van der Waals surface area (Å²) in [5.41, 5.74) is 0.979. The first-order valence-electron chi connectivity index (χ1n) is 7.22. The van der Waals surface area contributed by atoms with Crippen LogP contribution < -0.4 is 10.0 Å². The Kier molecular flexibility index (Phi) is 3.79. The number of aromatic nitrogens is 1. The van der Waals surface area contributed by atoms with Gasteiger partial charge in [-0.05, 0) is 56.2 Å². The summed E-state index contributed by atoms with van der Waals surface area (Å²) in [6, 6.07) is 3.52. The lowest BCUT2D eigenvalue weighted by Crippen LogP contribution is -2.38. The minimum atomic E-state index is -3.48. The van der Waals surface area contributed by atoms with E-state index in [0.29, 0.717) is 18.4 Å². The maximum absolute atomic E-state index is 12.4. The van der Waals surface area contributed by atoms with Crippen LogP contribution >= 0.6 is 0 Å². The van der Waals surface area contributed by atoms with Gasteiger partial charge in [0, 0.05) is 18.8 Å². The van der Waals surface area contributed by atoms with E-state index in [-0.39, 0.29) is 11.1 Å². The van der Waals surface area contributed by atoms with Gasteiger partial charge in [-0.15, -0.1) is 0 Å². The van der Waals surface area contributed by atoms with Crippen molar-refractivity contribution in [1.82, 2.24) is 15.0 Å². The molecule has 2 saturated carbocycles. The molecule has 2 fully saturated rings. The fraction of sp³-hybridized carbons (Fsp3) is 0.643. The normalized spacial score (nSPS) is 19.5. The number of nitrogens with one attached hydrogen (secondary N) is 2. The SMILES string of the molecule is CNCc1ccc(S(=O)(=O)NC(C2CC2)C2CC2)nc1. The van der Waals surface area contributed by atoms with Crippen LogP contribution in [0.25, 0.3) is 0 Å². The van der Waals surface area contributed by atoms with E-state index in [9.17, 15) is 8.42 Å². The number of nitrogens with zero attached hydrogens (tertiary/aromatic N) is 1. The van der Waals surface area contributed by atoms with Crippen LogP contribution in [0, 0.1) is 11.8 Å². The minimum Gasteiger partial charge on any atom is -0.316 e. The molecule has 2 aliphatic rings. The van der Waals surface area contributed by atoms with Crippen molar-refractivity contribution in [2.75, 3.05) is 7.05 Å². The summed E-state index contributed by atoms with van der Waals surface area (Å²) in [4.78, 5) is 4.09. The van der Waals surface area contributed by atoms with E-state index >= 15 is 0 Å². The average molecular weight is 295 g/mol. The van der Waals surface area contributed by atoms with Gasteiger partial charge >= 0.3 is 0 Å². The fourth-order valence-corrected chi connectivity index (χ4v) is 3.91. The lowest BCUT2D eigenvalue weighted by molar-refractivity contribution is 0.470. The molecule has 5 nitrogen and oxygen atoms in total. The van der Waals surface area contributed by atoms with E-state index < -0.39 is 10.0 Å². The van der Waals surface area contributed by atoms with Crippen LogP contribution in [0.2, 0.25) is 0 Å². The van der Waals surface area contributed by atoms with Gasteiger partial charge < -0.3 is 5.32 Å². The zero-order valence-corrected chi connectivity index (χ0v) is 12.5. The Morgan fingerprint density at radius 3 is 2.35 bits per heavy atom. The van der Waals surface area contributed by atoms with Crippen molar-refractivity contribution in [3.05, 3.63) is 23.9 Å². The first kappa shape index (κ1) is 14.0. The second-order valence-electron chi connectivity index (χ2n) is 5.86. The number of hydrogen-bond acceptors (Lipinski definition) is 4. The molecule has 110 valence electrons. The Bertz CT molecular complexity index is 551. The third kappa shape index (κ3) is 3.19. The number of sulfonamides is 1. The quantitative estimate of drug-likeness (QED) is 0.794. The molecule has 0 amide bonds. The molecule has 2 aliphatic carbocycles. The van der Waals surface area contributed by atoms with Gasteiger partial charge in [-0.25, -0.2) is 18.1 Å². The maximum Gasteiger partial charge on any atom is 0.258 e. The second kappa shape index (κ2) is 5.42. The van der Waals surface area contributed by atoms with Gasteiger partial charge in [0.05, 0.1) is 0 Å². The Labute approximate surface area is 120 Å². The molecule has 0 spiro atoms. The number of rotatable bonds is 7. The summed E-state index contributed by atoms with van der Waals surface area (Å²) in [6.45, 7) is 0.688. The molecule has 1 heterocycles. The molecule has 1 aromatic heterocycles. The molecule has 2 N–H and O–H groups in total. The summed E-state index contributed by atoms with van der Waals surface area (Å²) in [7, 11) is -1.63. The van der Waals surface area contributed by atoms with Crippen molar-refractivity contribution in [2.45, 2.75) is 43.3 Å². The van der Waals surface area contributed by atoms with Gasteiger partial charge in [-0.3, -0.25) is 0 Å². The molecule has 1 aromatic rings. The van der Waals surface area contributed by atoms with Crippen LogP contribution in [0.1, 0.15) is 31.2 Å². The second-order valence-corrected chi connectivity index (χ2v) is 7.52. The van der Waals surface area contributed by atoms with E-state index in [4.69, 9.17) is 0 Å². The van der Waals surface area contributed by atoms with Crippen LogP contribution in [0.4, 0.5) is 0 Å². The van der Waals surface area contributed by atoms with Gasteiger partial charge in [-0.2, -0.15) is 0 Å². The molecule has 0 radical (unpaired) electrons. The standard InChI is InChI=1S/C14H21N3O2S/c1-15-8-10-2-7-13(16-9-10)20(18,19)17-14(11-3-4-11)12-5-6-12/h2,7,9,11-12,14-15,17H,3-6,8H2,1H3. The van der Waals surface area contributed by atoms with Crippen molar-refractivity contribution in [3.63, 3.8) is 0 Å². The van der Waals surface area contributed by atoms with Crippen LogP contribution in [0.3, 0.4) is 0 Å². The van der Waals surface area contributed by atoms with Crippen LogP contribution in [-0.4, -0.2) is 26.5 Å². The largest absolute Gasteiger partial charge is 0.316 e. The predicted octanol–water partition coefficient (Wildman–Crippen LogP) is 1.27. The monoisotopic (exact) mass is 295 g/mol. The number of hydrogen-bond donors (Lipinski definition) is 2. The Morgan fingerprint density at radius 1 is 1.25 bits per heavy atom. The Morgan fingerprint density at radius 2 is 1.90 bits per heavy atom. The Balaban J connectivity index is 1.73. The van der Waals surface area contributed by atoms with Crippen LogP contribution in [0.5, 0.6) is 0 Å². The number of pyridine rings is 1. The summed E-state index contributed by atoms with van der Waals surface area (Å²) in [6.07, 6.45) is 6.22. The predicted molar refractivity (Wildman–Crippen MR) is 76.6 cm³/mol. The van der Waals surface area contributed by atoms with E-state index in [1.807, 2.05) is 7.05 Å². The fourth-order valence-electron chi connectivity index (χ4n) is 2.61. The minimum absolute atomic E-state index is 0.124. The van der Waals surface area contributed by atoms with Crippen LogP contribution in [0.15, 0.2) is 23.4 Å². The highest BCUT2D eigenvalue weighted by molar-refractivity contribution is 7.89. The van der Waals surface area contributed by atoms with Crippen molar-refractivity contribution in [3.8, 4) is 0 Å². The first-order valence-corrected chi connectivity index (χ1v) is 8.70. The molecule has 20 heavy (non-hydrogen) atoms. The molecule has 0 aliphatic heterocycles. The molecule has 0 atom stereocenters. The molecular weight excluding hydrogens is 274 g/mol. The summed E-state index contributed by atoms with van der Waals surface area (Å²) < 4.78 is 27.7. The molecule has 0 aromatic carbocycles. The van der Waals surface area contributed by atoms with E-state index in [0.717, 1.165) is 31.2 Å². The highest BCUT2D eigenvalue weighted by atomic mass is 32.2. The van der Waals surface area contributed by atoms with Crippen molar-refractivity contribution in [2.24, 2.45) is 11.8 Å². The van der Waals surface area contributed by atoms with E-state index in [1.54, 1.807) is 18.3 Å². The van der Waals surface area contributed by atoms with Gasteiger partial charge in [0.15, 0.2) is 5.03 Å². The molecule has 0 bridgehead atoms. The smallest absolute Gasteiger partial charge is 0.258 e.